The number of nitrogens with zero attached hydrogens (tertiary/aromatic N) is 1. The Kier molecular flexibility index (Phi) is 2.95. The van der Waals surface area contributed by atoms with Crippen LogP contribution in [0.2, 0.25) is 0 Å². The molecule has 1 saturated carbocycles. The van der Waals surface area contributed by atoms with Gasteiger partial charge < -0.3 is 19.5 Å². The van der Waals surface area contributed by atoms with Crippen molar-refractivity contribution < 1.29 is 14.6 Å². The van der Waals surface area contributed by atoms with Gasteiger partial charge in [-0.1, -0.05) is 6.07 Å². The van der Waals surface area contributed by atoms with E-state index in [1.807, 2.05) is 6.07 Å². The van der Waals surface area contributed by atoms with Gasteiger partial charge in [0.15, 0.2) is 11.5 Å². The van der Waals surface area contributed by atoms with Gasteiger partial charge in [0, 0.05) is 23.9 Å². The van der Waals surface area contributed by atoms with Crippen molar-refractivity contribution in [1.82, 2.24) is 4.90 Å². The van der Waals surface area contributed by atoms with Crippen LogP contribution >= 0.6 is 0 Å². The van der Waals surface area contributed by atoms with E-state index in [2.05, 4.69) is 18.0 Å². The second-order valence-corrected chi connectivity index (χ2v) is 6.81. The smallest absolute Gasteiger partial charge is 0.165 e. The number of hydrogen-bond acceptors (Lipinski definition) is 4. The molecule has 3 aliphatic rings. The van der Waals surface area contributed by atoms with Gasteiger partial charge >= 0.3 is 0 Å². The van der Waals surface area contributed by atoms with Crippen LogP contribution in [0.3, 0.4) is 0 Å². The normalized spacial score (nSPS) is 34.6. The predicted octanol–water partition coefficient (Wildman–Crippen LogP) is 2.07. The summed E-state index contributed by atoms with van der Waals surface area (Å²) in [4.78, 5) is 2.39. The van der Waals surface area contributed by atoms with Crippen molar-refractivity contribution in [2.75, 3.05) is 20.7 Å². The molecule has 4 rings (SSSR count). The zero-order chi connectivity index (χ0) is 14.6. The molecule has 2 aliphatic heterocycles. The van der Waals surface area contributed by atoms with E-state index in [0.29, 0.717) is 0 Å². The van der Waals surface area contributed by atoms with Crippen LogP contribution in [0.5, 0.6) is 11.5 Å². The molecule has 21 heavy (non-hydrogen) atoms. The van der Waals surface area contributed by atoms with E-state index in [-0.39, 0.29) is 17.6 Å². The molecule has 1 aliphatic carbocycles. The maximum atomic E-state index is 10.1. The van der Waals surface area contributed by atoms with Gasteiger partial charge in [0.1, 0.15) is 6.10 Å². The number of aliphatic hydroxyl groups is 1. The van der Waals surface area contributed by atoms with E-state index in [0.717, 1.165) is 50.3 Å². The quantitative estimate of drug-likeness (QED) is 0.859. The van der Waals surface area contributed by atoms with Crippen molar-refractivity contribution in [2.24, 2.45) is 0 Å². The molecular weight excluding hydrogens is 266 g/mol. The highest BCUT2D eigenvalue weighted by Crippen LogP contribution is 2.57. The standard InChI is InChI=1S/C17H23NO3/c1-18-8-7-17-6-5-12(19)9-14(17)21-16-13(20-2)4-3-11(10-18)15(16)17/h3-4,12,14,19H,5-10H2,1-2H3/t12-,14+,17+/m1/s1. The fraction of sp³-hybridized carbons (Fsp3) is 0.647. The van der Waals surface area contributed by atoms with Crippen molar-refractivity contribution in [2.45, 2.75) is 49.9 Å². The maximum Gasteiger partial charge on any atom is 0.165 e. The summed E-state index contributed by atoms with van der Waals surface area (Å²) in [5, 5.41) is 10.1. The second-order valence-electron chi connectivity index (χ2n) is 6.81. The fourth-order valence-electron chi connectivity index (χ4n) is 4.50. The van der Waals surface area contributed by atoms with E-state index in [9.17, 15) is 5.11 Å². The second kappa shape index (κ2) is 4.62. The van der Waals surface area contributed by atoms with Crippen LogP contribution in [0.1, 0.15) is 36.8 Å². The van der Waals surface area contributed by atoms with Crippen LogP contribution in [0.4, 0.5) is 0 Å². The van der Waals surface area contributed by atoms with Crippen LogP contribution in [0, 0.1) is 0 Å². The Labute approximate surface area is 125 Å². The van der Waals surface area contributed by atoms with Crippen molar-refractivity contribution in [1.29, 1.82) is 0 Å². The van der Waals surface area contributed by atoms with Crippen molar-refractivity contribution in [3.63, 3.8) is 0 Å². The van der Waals surface area contributed by atoms with E-state index in [4.69, 9.17) is 9.47 Å². The Morgan fingerprint density at radius 2 is 2.24 bits per heavy atom. The van der Waals surface area contributed by atoms with Crippen molar-refractivity contribution in [3.8, 4) is 11.5 Å². The average molecular weight is 289 g/mol. The molecule has 4 heteroatoms. The van der Waals surface area contributed by atoms with Gasteiger partial charge in [-0.3, -0.25) is 0 Å². The lowest BCUT2D eigenvalue weighted by Gasteiger charge is -2.40. The number of methoxy groups -OCH3 is 1. The minimum absolute atomic E-state index is 0.0726. The van der Waals surface area contributed by atoms with E-state index in [1.165, 1.54) is 11.1 Å². The summed E-state index contributed by atoms with van der Waals surface area (Å²) in [6.07, 6.45) is 3.59. The van der Waals surface area contributed by atoms with Crippen LogP contribution in [-0.4, -0.2) is 42.9 Å². The molecule has 4 nitrogen and oxygen atoms in total. The Morgan fingerprint density at radius 1 is 1.38 bits per heavy atom. The molecular formula is C17H23NO3. The fourth-order valence-corrected chi connectivity index (χ4v) is 4.50. The summed E-state index contributed by atoms with van der Waals surface area (Å²) in [7, 11) is 3.88. The van der Waals surface area contributed by atoms with Crippen LogP contribution in [-0.2, 0) is 12.0 Å². The minimum atomic E-state index is -0.231. The van der Waals surface area contributed by atoms with Crippen LogP contribution in [0.15, 0.2) is 12.1 Å². The number of rotatable bonds is 1. The average Bonchev–Trinajstić information content (AvgIpc) is 2.72. The highest BCUT2D eigenvalue weighted by Gasteiger charge is 2.54. The monoisotopic (exact) mass is 289 g/mol. The molecule has 0 unspecified atom stereocenters. The summed E-state index contributed by atoms with van der Waals surface area (Å²) in [5.74, 6) is 1.77. The van der Waals surface area contributed by atoms with E-state index in [1.54, 1.807) is 7.11 Å². The van der Waals surface area contributed by atoms with Gasteiger partial charge in [0.2, 0.25) is 0 Å². The van der Waals surface area contributed by atoms with Gasteiger partial charge in [-0.25, -0.2) is 0 Å². The topological polar surface area (TPSA) is 41.9 Å². The van der Waals surface area contributed by atoms with Crippen molar-refractivity contribution >= 4 is 0 Å². The highest BCUT2D eigenvalue weighted by atomic mass is 16.5. The number of aliphatic hydroxyl groups excluding tert-OH is 1. The Bertz CT molecular complexity index is 573. The molecule has 114 valence electrons. The molecule has 0 radical (unpaired) electrons. The lowest BCUT2D eigenvalue weighted by atomic mass is 9.65. The zero-order valence-corrected chi connectivity index (χ0v) is 12.8. The maximum absolute atomic E-state index is 10.1. The third-order valence-corrected chi connectivity index (χ3v) is 5.59. The molecule has 3 atom stereocenters. The molecule has 1 N–H and O–H groups in total. The first-order chi connectivity index (χ1) is 10.1. The number of benzene rings is 1. The predicted molar refractivity (Wildman–Crippen MR) is 79.9 cm³/mol. The zero-order valence-electron chi connectivity index (χ0n) is 12.8. The summed E-state index contributed by atoms with van der Waals surface area (Å²) in [6.45, 7) is 2.04. The van der Waals surface area contributed by atoms with Gasteiger partial charge in [-0.15, -0.1) is 0 Å². The third kappa shape index (κ3) is 1.82. The van der Waals surface area contributed by atoms with E-state index >= 15 is 0 Å². The van der Waals surface area contributed by atoms with Gasteiger partial charge in [0.25, 0.3) is 0 Å². The Hall–Kier alpha value is -1.26. The van der Waals surface area contributed by atoms with Gasteiger partial charge in [-0.05, 0) is 44.5 Å². The van der Waals surface area contributed by atoms with E-state index < -0.39 is 0 Å². The molecule has 1 fully saturated rings. The first kappa shape index (κ1) is 13.4. The summed E-state index contributed by atoms with van der Waals surface area (Å²) in [6, 6.07) is 4.22. The molecule has 1 aromatic rings. The van der Waals surface area contributed by atoms with Crippen LogP contribution < -0.4 is 9.47 Å². The molecule has 0 amide bonds. The van der Waals surface area contributed by atoms with Crippen molar-refractivity contribution in [3.05, 3.63) is 23.3 Å². The Balaban J connectivity index is 1.90. The van der Waals surface area contributed by atoms with Gasteiger partial charge in [0.05, 0.1) is 13.2 Å². The molecule has 0 aromatic heterocycles. The first-order valence-electron chi connectivity index (χ1n) is 7.87. The first-order valence-corrected chi connectivity index (χ1v) is 7.87. The summed E-state index contributed by atoms with van der Waals surface area (Å²) in [5.41, 5.74) is 2.80. The Morgan fingerprint density at radius 3 is 3.05 bits per heavy atom. The number of ether oxygens (including phenoxy) is 2. The lowest BCUT2D eigenvalue weighted by molar-refractivity contribution is 0.0120. The molecule has 2 heterocycles. The summed E-state index contributed by atoms with van der Waals surface area (Å²) >= 11 is 0. The largest absolute Gasteiger partial charge is 0.493 e. The molecule has 1 spiro atoms. The van der Waals surface area contributed by atoms with Gasteiger partial charge in [-0.2, -0.15) is 0 Å². The molecule has 0 bridgehead atoms. The molecule has 0 saturated heterocycles. The molecule has 1 aromatic carbocycles. The highest BCUT2D eigenvalue weighted by molar-refractivity contribution is 5.58. The minimum Gasteiger partial charge on any atom is -0.493 e. The number of hydrogen-bond donors (Lipinski definition) is 1. The summed E-state index contributed by atoms with van der Waals surface area (Å²) < 4.78 is 11.8. The van der Waals surface area contributed by atoms with Crippen LogP contribution in [0.25, 0.3) is 0 Å². The lowest BCUT2D eigenvalue weighted by Crippen LogP contribution is -2.45. The third-order valence-electron chi connectivity index (χ3n) is 5.59. The SMILES string of the molecule is COc1ccc2c3c1O[C@H]1C[C@H](O)CC[C@@]31CCN(C)C2.